The topological polar surface area (TPSA) is 38.4 Å². The van der Waals surface area contributed by atoms with Crippen molar-refractivity contribution in [2.45, 2.75) is 67.2 Å². The molecule has 0 saturated heterocycles. The number of hydrogen-bond donors (Lipinski definition) is 1. The van der Waals surface area contributed by atoms with Crippen LogP contribution in [-0.4, -0.2) is 6.21 Å². The van der Waals surface area contributed by atoms with E-state index in [-0.39, 0.29) is 10.8 Å². The van der Waals surface area contributed by atoms with Crippen molar-refractivity contribution in [1.29, 1.82) is 0 Å². The van der Waals surface area contributed by atoms with E-state index in [4.69, 9.17) is 5.73 Å². The number of allylic oxidation sites excluding steroid dienone is 2. The van der Waals surface area contributed by atoms with Crippen molar-refractivity contribution in [2.75, 3.05) is 0 Å². The second kappa shape index (κ2) is 7.52. The zero-order valence-electron chi connectivity index (χ0n) is 13.7. The first-order chi connectivity index (χ1) is 8.83. The molecule has 0 aromatic carbocycles. The average Bonchev–Trinajstić information content (AvgIpc) is 2.45. The average molecular weight is 264 g/mol. The molecule has 2 nitrogen and oxygen atoms in total. The highest BCUT2D eigenvalue weighted by molar-refractivity contribution is 5.81. The Balaban J connectivity index is 5.12. The fourth-order valence-corrected chi connectivity index (χ4v) is 2.02. The first-order valence-electron chi connectivity index (χ1n) is 7.49. The van der Waals surface area contributed by atoms with Gasteiger partial charge in [-0.2, -0.15) is 0 Å². The Morgan fingerprint density at radius 3 is 1.74 bits per heavy atom. The normalized spacial score (nSPS) is 14.1. The first kappa shape index (κ1) is 17.9. The lowest BCUT2D eigenvalue weighted by molar-refractivity contribution is 0.364. The second-order valence-electron chi connectivity index (χ2n) is 5.86. The van der Waals surface area contributed by atoms with Crippen LogP contribution in [0.5, 0.6) is 0 Å². The summed E-state index contributed by atoms with van der Waals surface area (Å²) in [5, 5.41) is 0. The maximum absolute atomic E-state index is 5.79. The number of aliphatic imine (C=N–C) groups is 1. The fourth-order valence-electron chi connectivity index (χ4n) is 2.02. The molecular weight excluding hydrogens is 232 g/mol. The van der Waals surface area contributed by atoms with Gasteiger partial charge in [0.25, 0.3) is 0 Å². The van der Waals surface area contributed by atoms with Crippen molar-refractivity contribution < 1.29 is 0 Å². The van der Waals surface area contributed by atoms with Crippen molar-refractivity contribution in [3.05, 3.63) is 24.0 Å². The van der Waals surface area contributed by atoms with Crippen LogP contribution in [-0.2, 0) is 0 Å². The van der Waals surface area contributed by atoms with Crippen molar-refractivity contribution in [3.63, 3.8) is 0 Å². The molecule has 19 heavy (non-hydrogen) atoms. The highest BCUT2D eigenvalue weighted by atomic mass is 14.8. The number of nitrogens with two attached hydrogens (primary N) is 1. The summed E-state index contributed by atoms with van der Waals surface area (Å²) >= 11 is 0. The zero-order chi connectivity index (χ0) is 15.1. The Labute approximate surface area is 119 Å². The van der Waals surface area contributed by atoms with E-state index in [2.05, 4.69) is 53.1 Å². The first-order valence-corrected chi connectivity index (χ1v) is 7.49. The molecule has 0 amide bonds. The van der Waals surface area contributed by atoms with Crippen LogP contribution in [0.4, 0.5) is 0 Å². The van der Waals surface area contributed by atoms with E-state index in [0.717, 1.165) is 37.0 Å². The number of hydrogen-bond acceptors (Lipinski definition) is 2. The van der Waals surface area contributed by atoms with E-state index in [1.165, 1.54) is 0 Å². The summed E-state index contributed by atoms with van der Waals surface area (Å²) in [4.78, 5) is 4.60. The van der Waals surface area contributed by atoms with Gasteiger partial charge in [0.15, 0.2) is 0 Å². The molecule has 0 radical (unpaired) electrons. The summed E-state index contributed by atoms with van der Waals surface area (Å²) < 4.78 is 0. The quantitative estimate of drug-likeness (QED) is 0.611. The highest BCUT2D eigenvalue weighted by Gasteiger charge is 2.25. The summed E-state index contributed by atoms with van der Waals surface area (Å²) in [6.07, 6.45) is 7.84. The molecule has 0 unspecified atom stereocenters. The van der Waals surface area contributed by atoms with Gasteiger partial charge in [-0.05, 0) is 42.9 Å². The lowest BCUT2D eigenvalue weighted by Gasteiger charge is -2.29. The monoisotopic (exact) mass is 264 g/mol. The van der Waals surface area contributed by atoms with Gasteiger partial charge in [0.05, 0.1) is 0 Å². The van der Waals surface area contributed by atoms with Gasteiger partial charge in [-0.1, -0.05) is 48.1 Å². The van der Waals surface area contributed by atoms with Gasteiger partial charge in [0, 0.05) is 17.3 Å². The van der Waals surface area contributed by atoms with Gasteiger partial charge in [-0.25, -0.2) is 0 Å². The maximum atomic E-state index is 5.79. The minimum absolute atomic E-state index is 0.0883. The van der Waals surface area contributed by atoms with Crippen molar-refractivity contribution in [1.82, 2.24) is 0 Å². The van der Waals surface area contributed by atoms with Gasteiger partial charge >= 0.3 is 0 Å². The van der Waals surface area contributed by atoms with Gasteiger partial charge in [-0.15, -0.1) is 0 Å². The molecular formula is C17H32N2. The van der Waals surface area contributed by atoms with Crippen LogP contribution in [0.1, 0.15) is 67.2 Å². The van der Waals surface area contributed by atoms with E-state index in [1.54, 1.807) is 6.20 Å². The summed E-state index contributed by atoms with van der Waals surface area (Å²) in [6.45, 7) is 17.4. The minimum Gasteiger partial charge on any atom is -0.404 e. The third kappa shape index (κ3) is 4.22. The lowest BCUT2D eigenvalue weighted by atomic mass is 9.78. The van der Waals surface area contributed by atoms with Crippen molar-refractivity contribution in [2.24, 2.45) is 21.6 Å². The van der Waals surface area contributed by atoms with Crippen molar-refractivity contribution in [3.8, 4) is 0 Å². The van der Waals surface area contributed by atoms with Gasteiger partial charge < -0.3 is 5.73 Å². The van der Waals surface area contributed by atoms with Crippen LogP contribution in [0.2, 0.25) is 0 Å². The molecule has 0 rings (SSSR count). The summed E-state index contributed by atoms with van der Waals surface area (Å²) in [5.41, 5.74) is 8.04. The molecule has 2 heteroatoms. The molecule has 110 valence electrons. The Kier molecular flexibility index (Phi) is 7.10. The highest BCUT2D eigenvalue weighted by Crippen LogP contribution is 2.36. The molecule has 0 heterocycles. The number of nitrogens with zero attached hydrogens (tertiary/aromatic N) is 1. The second-order valence-corrected chi connectivity index (χ2v) is 5.86. The molecule has 0 aliphatic heterocycles. The van der Waals surface area contributed by atoms with E-state index in [1.807, 2.05) is 6.21 Å². The van der Waals surface area contributed by atoms with Crippen LogP contribution in [0.15, 0.2) is 29.0 Å². The van der Waals surface area contributed by atoms with Gasteiger partial charge in [0.1, 0.15) is 0 Å². The van der Waals surface area contributed by atoms with Crippen LogP contribution < -0.4 is 5.73 Å². The Hall–Kier alpha value is -1.05. The molecule has 0 fully saturated rings. The van der Waals surface area contributed by atoms with E-state index < -0.39 is 0 Å². The molecule has 0 aromatic rings. The molecule has 2 N–H and O–H groups in total. The summed E-state index contributed by atoms with van der Waals surface area (Å²) in [5.74, 6) is 0. The molecule has 0 aromatic heterocycles. The lowest BCUT2D eigenvalue weighted by Crippen LogP contribution is -2.20. The summed E-state index contributed by atoms with van der Waals surface area (Å²) in [6, 6.07) is 0. The van der Waals surface area contributed by atoms with E-state index in [0.29, 0.717) is 0 Å². The molecule has 0 atom stereocenters. The minimum atomic E-state index is 0.0883. The summed E-state index contributed by atoms with van der Waals surface area (Å²) in [7, 11) is 0. The molecule has 0 aliphatic rings. The van der Waals surface area contributed by atoms with E-state index >= 15 is 0 Å². The molecule has 0 spiro atoms. The Bertz CT molecular complexity index is 342. The Morgan fingerprint density at radius 1 is 1.00 bits per heavy atom. The molecule has 0 bridgehead atoms. The SMILES string of the molecule is C=C(/N=C\C(=C/N)C(C)(CC)CC)C(C)(CC)CC. The van der Waals surface area contributed by atoms with Gasteiger partial charge in [-0.3, -0.25) is 4.99 Å². The van der Waals surface area contributed by atoms with Crippen LogP contribution in [0.3, 0.4) is 0 Å². The smallest absolute Gasteiger partial charge is 0.0390 e. The third-order valence-corrected chi connectivity index (χ3v) is 5.05. The molecule has 0 saturated carbocycles. The van der Waals surface area contributed by atoms with Gasteiger partial charge in [0.2, 0.25) is 0 Å². The number of rotatable bonds is 8. The van der Waals surface area contributed by atoms with Crippen LogP contribution >= 0.6 is 0 Å². The molecule has 0 aliphatic carbocycles. The fraction of sp³-hybridized carbons (Fsp3) is 0.706. The third-order valence-electron chi connectivity index (χ3n) is 5.05. The van der Waals surface area contributed by atoms with Crippen LogP contribution in [0.25, 0.3) is 0 Å². The predicted molar refractivity (Wildman–Crippen MR) is 87.3 cm³/mol. The standard InChI is InChI=1S/C17H32N2/c1-8-16(6,9-2)14(5)19-13-15(12-18)17(7,10-3)11-4/h12-13H,5,8-11,18H2,1-4,6-7H3/b15-12+,19-13-. The van der Waals surface area contributed by atoms with Crippen molar-refractivity contribution >= 4 is 6.21 Å². The zero-order valence-corrected chi connectivity index (χ0v) is 13.7. The largest absolute Gasteiger partial charge is 0.404 e. The Morgan fingerprint density at radius 2 is 1.42 bits per heavy atom. The predicted octanol–water partition coefficient (Wildman–Crippen LogP) is 5.07. The van der Waals surface area contributed by atoms with E-state index in [9.17, 15) is 0 Å². The maximum Gasteiger partial charge on any atom is 0.0390 e. The van der Waals surface area contributed by atoms with Crippen LogP contribution in [0, 0.1) is 10.8 Å².